The molecule has 2 heteroatoms. The summed E-state index contributed by atoms with van der Waals surface area (Å²) in [6, 6.07) is 0.208. The lowest BCUT2D eigenvalue weighted by molar-refractivity contribution is 0.181. The van der Waals surface area contributed by atoms with Crippen molar-refractivity contribution in [3.8, 4) is 0 Å². The lowest BCUT2D eigenvalue weighted by Crippen LogP contribution is -2.37. The number of rotatable bonds is 4. The van der Waals surface area contributed by atoms with E-state index in [1.54, 1.807) is 0 Å². The lowest BCUT2D eigenvalue weighted by Gasteiger charge is -2.29. The Morgan fingerprint density at radius 3 is 2.30 bits per heavy atom. The summed E-state index contributed by atoms with van der Waals surface area (Å²) in [5, 5.41) is 8.69. The average molecular weight is 145 g/mol. The Morgan fingerprint density at radius 1 is 1.50 bits per heavy atom. The van der Waals surface area contributed by atoms with E-state index in [1.165, 1.54) is 0 Å². The van der Waals surface area contributed by atoms with Crippen molar-refractivity contribution < 1.29 is 5.11 Å². The van der Waals surface area contributed by atoms with Crippen molar-refractivity contribution in [2.75, 3.05) is 6.61 Å². The molecule has 1 atom stereocenters. The van der Waals surface area contributed by atoms with Gasteiger partial charge in [0.2, 0.25) is 0 Å². The van der Waals surface area contributed by atoms with Crippen LogP contribution in [0.25, 0.3) is 0 Å². The highest BCUT2D eigenvalue weighted by molar-refractivity contribution is 4.79. The van der Waals surface area contributed by atoms with Gasteiger partial charge in [-0.25, -0.2) is 0 Å². The highest BCUT2D eigenvalue weighted by Crippen LogP contribution is 2.24. The summed E-state index contributed by atoms with van der Waals surface area (Å²) in [4.78, 5) is 0. The Morgan fingerprint density at radius 2 is 2.00 bits per heavy atom. The molecule has 0 radical (unpaired) electrons. The van der Waals surface area contributed by atoms with Crippen LogP contribution in [0, 0.1) is 5.41 Å². The van der Waals surface area contributed by atoms with Gasteiger partial charge in [-0.1, -0.05) is 20.8 Å². The first-order chi connectivity index (χ1) is 4.54. The molecule has 10 heavy (non-hydrogen) atoms. The third-order valence-electron chi connectivity index (χ3n) is 2.20. The van der Waals surface area contributed by atoms with Gasteiger partial charge in [0.05, 0.1) is 0 Å². The molecule has 0 aliphatic rings. The number of hydrogen-bond acceptors (Lipinski definition) is 2. The van der Waals surface area contributed by atoms with Gasteiger partial charge in [-0.3, -0.25) is 0 Å². The van der Waals surface area contributed by atoms with E-state index in [1.807, 2.05) is 0 Å². The predicted octanol–water partition coefficient (Wildman–Crippen LogP) is 1.13. The molecule has 3 N–H and O–H groups in total. The maximum absolute atomic E-state index is 8.69. The largest absolute Gasteiger partial charge is 0.396 e. The first-order valence-electron chi connectivity index (χ1n) is 3.91. The van der Waals surface area contributed by atoms with Crippen molar-refractivity contribution >= 4 is 0 Å². The van der Waals surface area contributed by atoms with E-state index in [2.05, 4.69) is 20.8 Å². The topological polar surface area (TPSA) is 46.2 Å². The minimum absolute atomic E-state index is 0.0868. The summed E-state index contributed by atoms with van der Waals surface area (Å²) in [5.41, 5.74) is 5.91. The molecule has 0 aromatic carbocycles. The van der Waals surface area contributed by atoms with E-state index < -0.39 is 0 Å². The zero-order valence-electron chi connectivity index (χ0n) is 7.22. The summed E-state index contributed by atoms with van der Waals surface area (Å²) >= 11 is 0. The molecule has 0 aromatic rings. The standard InChI is InChI=1S/C8H19NO/c1-4-7(9)8(2,3)5-6-10/h7,10H,4-6,9H2,1-3H3. The molecule has 0 rings (SSSR count). The molecule has 0 saturated carbocycles. The zero-order chi connectivity index (χ0) is 8.20. The van der Waals surface area contributed by atoms with Crippen LogP contribution in [0.4, 0.5) is 0 Å². The highest BCUT2D eigenvalue weighted by atomic mass is 16.3. The maximum atomic E-state index is 8.69. The third-order valence-corrected chi connectivity index (χ3v) is 2.20. The molecule has 0 fully saturated rings. The van der Waals surface area contributed by atoms with Crippen molar-refractivity contribution in [1.82, 2.24) is 0 Å². The number of aliphatic hydroxyl groups is 1. The molecular formula is C8H19NO. The van der Waals surface area contributed by atoms with E-state index in [0.717, 1.165) is 12.8 Å². The second-order valence-corrected chi connectivity index (χ2v) is 3.48. The Labute approximate surface area is 63.4 Å². The molecule has 0 spiro atoms. The second kappa shape index (κ2) is 3.94. The maximum Gasteiger partial charge on any atom is 0.0436 e. The molecule has 1 unspecified atom stereocenters. The van der Waals surface area contributed by atoms with E-state index in [9.17, 15) is 0 Å². The van der Waals surface area contributed by atoms with Crippen LogP contribution in [0.3, 0.4) is 0 Å². The quantitative estimate of drug-likeness (QED) is 0.623. The van der Waals surface area contributed by atoms with Gasteiger partial charge in [0.1, 0.15) is 0 Å². The molecule has 0 amide bonds. The second-order valence-electron chi connectivity index (χ2n) is 3.48. The molecule has 62 valence electrons. The number of nitrogens with two attached hydrogens (primary N) is 1. The highest BCUT2D eigenvalue weighted by Gasteiger charge is 2.23. The minimum atomic E-state index is 0.0868. The average Bonchev–Trinajstić information content (AvgIpc) is 1.86. The number of hydrogen-bond donors (Lipinski definition) is 2. The van der Waals surface area contributed by atoms with Gasteiger partial charge in [0.15, 0.2) is 0 Å². The molecule has 0 aliphatic heterocycles. The van der Waals surface area contributed by atoms with Gasteiger partial charge in [-0.2, -0.15) is 0 Å². The van der Waals surface area contributed by atoms with Crippen molar-refractivity contribution in [2.45, 2.75) is 39.7 Å². The molecular weight excluding hydrogens is 126 g/mol. The van der Waals surface area contributed by atoms with Gasteiger partial charge >= 0.3 is 0 Å². The Balaban J connectivity index is 3.82. The smallest absolute Gasteiger partial charge is 0.0436 e. The van der Waals surface area contributed by atoms with E-state index >= 15 is 0 Å². The van der Waals surface area contributed by atoms with Crippen LogP contribution in [-0.4, -0.2) is 17.8 Å². The van der Waals surface area contributed by atoms with Gasteiger partial charge in [0, 0.05) is 12.6 Å². The van der Waals surface area contributed by atoms with Crippen LogP contribution < -0.4 is 5.73 Å². The van der Waals surface area contributed by atoms with E-state index in [4.69, 9.17) is 10.8 Å². The van der Waals surface area contributed by atoms with Crippen molar-refractivity contribution in [2.24, 2.45) is 11.1 Å². The predicted molar refractivity (Wildman–Crippen MR) is 43.8 cm³/mol. The normalized spacial score (nSPS) is 15.3. The first kappa shape index (κ1) is 9.92. The summed E-state index contributed by atoms with van der Waals surface area (Å²) < 4.78 is 0. The first-order valence-corrected chi connectivity index (χ1v) is 3.91. The molecule has 0 bridgehead atoms. The van der Waals surface area contributed by atoms with Crippen molar-refractivity contribution in [3.05, 3.63) is 0 Å². The fourth-order valence-electron chi connectivity index (χ4n) is 1.03. The summed E-state index contributed by atoms with van der Waals surface area (Å²) in [6.07, 6.45) is 1.77. The van der Waals surface area contributed by atoms with Crippen LogP contribution in [-0.2, 0) is 0 Å². The van der Waals surface area contributed by atoms with Crippen LogP contribution >= 0.6 is 0 Å². The summed E-state index contributed by atoms with van der Waals surface area (Å²) in [7, 11) is 0. The molecule has 0 aromatic heterocycles. The Hall–Kier alpha value is -0.0800. The van der Waals surface area contributed by atoms with Crippen LogP contribution in [0.2, 0.25) is 0 Å². The van der Waals surface area contributed by atoms with Crippen molar-refractivity contribution in [1.29, 1.82) is 0 Å². The molecule has 0 saturated heterocycles. The summed E-state index contributed by atoms with van der Waals surface area (Å²) in [5.74, 6) is 0. The van der Waals surface area contributed by atoms with Gasteiger partial charge in [-0.15, -0.1) is 0 Å². The minimum Gasteiger partial charge on any atom is -0.396 e. The fraction of sp³-hybridized carbons (Fsp3) is 1.00. The monoisotopic (exact) mass is 145 g/mol. The summed E-state index contributed by atoms with van der Waals surface area (Å²) in [6.45, 7) is 6.50. The Kier molecular flexibility index (Phi) is 3.91. The van der Waals surface area contributed by atoms with E-state index in [-0.39, 0.29) is 18.1 Å². The van der Waals surface area contributed by atoms with E-state index in [0.29, 0.717) is 0 Å². The van der Waals surface area contributed by atoms with Gasteiger partial charge < -0.3 is 10.8 Å². The van der Waals surface area contributed by atoms with Crippen LogP contribution in [0.15, 0.2) is 0 Å². The number of aliphatic hydroxyl groups excluding tert-OH is 1. The van der Waals surface area contributed by atoms with Crippen LogP contribution in [0.1, 0.15) is 33.6 Å². The fourth-order valence-corrected chi connectivity index (χ4v) is 1.03. The molecule has 0 heterocycles. The van der Waals surface area contributed by atoms with Gasteiger partial charge in [-0.05, 0) is 18.3 Å². The Bertz CT molecular complexity index is 91.3. The lowest BCUT2D eigenvalue weighted by atomic mass is 9.81. The van der Waals surface area contributed by atoms with Gasteiger partial charge in [0.25, 0.3) is 0 Å². The molecule has 0 aliphatic carbocycles. The van der Waals surface area contributed by atoms with Crippen molar-refractivity contribution in [3.63, 3.8) is 0 Å². The SMILES string of the molecule is CCC(N)C(C)(C)CCO. The molecule has 2 nitrogen and oxygen atoms in total. The van der Waals surface area contributed by atoms with Crippen LogP contribution in [0.5, 0.6) is 0 Å². The zero-order valence-corrected chi connectivity index (χ0v) is 7.22. The third kappa shape index (κ3) is 2.67.